The molecule has 2 unspecified atom stereocenters. The van der Waals surface area contributed by atoms with Crippen molar-refractivity contribution in [3.63, 3.8) is 0 Å². The van der Waals surface area contributed by atoms with Crippen LogP contribution in [-0.2, 0) is 12.6 Å². The molecule has 0 aromatic heterocycles. The predicted molar refractivity (Wildman–Crippen MR) is 111 cm³/mol. The zero-order chi connectivity index (χ0) is 18.8. The van der Waals surface area contributed by atoms with Gasteiger partial charge in [0.05, 0.1) is 11.2 Å². The fraction of sp³-hybridized carbons (Fsp3) is 0.700. The van der Waals surface area contributed by atoms with Crippen LogP contribution in [0.3, 0.4) is 0 Å². The van der Waals surface area contributed by atoms with Gasteiger partial charge in [-0.15, -0.1) is 24.8 Å². The number of benzene rings is 1. The first-order chi connectivity index (χ1) is 12.3. The Balaban J connectivity index is 0.00000196. The van der Waals surface area contributed by atoms with Crippen molar-refractivity contribution in [1.82, 2.24) is 10.2 Å². The molecule has 0 radical (unpaired) electrons. The van der Waals surface area contributed by atoms with E-state index in [1.54, 1.807) is 6.07 Å². The van der Waals surface area contributed by atoms with E-state index >= 15 is 0 Å². The second-order valence-corrected chi connectivity index (χ2v) is 7.83. The second-order valence-electron chi connectivity index (χ2n) is 7.83. The van der Waals surface area contributed by atoms with Crippen molar-refractivity contribution in [2.75, 3.05) is 20.1 Å². The Hall–Kier alpha value is -0.530. The maximum Gasteiger partial charge on any atom is 0.416 e. The van der Waals surface area contributed by atoms with E-state index < -0.39 is 17.3 Å². The molecule has 3 atom stereocenters. The molecule has 162 valence electrons. The van der Waals surface area contributed by atoms with Crippen molar-refractivity contribution in [2.24, 2.45) is 0 Å². The van der Waals surface area contributed by atoms with Crippen molar-refractivity contribution in [3.05, 3.63) is 35.4 Å². The molecule has 0 bridgehead atoms. The molecule has 3 nitrogen and oxygen atoms in total. The van der Waals surface area contributed by atoms with E-state index in [9.17, 15) is 18.3 Å². The van der Waals surface area contributed by atoms with E-state index in [0.29, 0.717) is 24.4 Å². The van der Waals surface area contributed by atoms with Crippen LogP contribution in [-0.4, -0.2) is 47.8 Å². The van der Waals surface area contributed by atoms with E-state index in [-0.39, 0.29) is 30.9 Å². The van der Waals surface area contributed by atoms with Gasteiger partial charge in [-0.3, -0.25) is 4.90 Å². The molecule has 1 aromatic rings. The van der Waals surface area contributed by atoms with Crippen LogP contribution in [0.15, 0.2) is 24.3 Å². The summed E-state index contributed by atoms with van der Waals surface area (Å²) in [4.78, 5) is 2.38. The van der Waals surface area contributed by atoms with Gasteiger partial charge >= 0.3 is 6.18 Å². The summed E-state index contributed by atoms with van der Waals surface area (Å²) in [7, 11) is 1.97. The highest BCUT2D eigenvalue weighted by molar-refractivity contribution is 5.85. The summed E-state index contributed by atoms with van der Waals surface area (Å²) in [5.41, 5.74) is -0.777. The molecule has 0 spiro atoms. The summed E-state index contributed by atoms with van der Waals surface area (Å²) in [5.74, 6) is 0. The van der Waals surface area contributed by atoms with Crippen molar-refractivity contribution < 1.29 is 18.3 Å². The first kappa shape index (κ1) is 25.5. The molecule has 1 saturated heterocycles. The van der Waals surface area contributed by atoms with Gasteiger partial charge in [0.15, 0.2) is 0 Å². The molecule has 1 heterocycles. The van der Waals surface area contributed by atoms with E-state index in [2.05, 4.69) is 10.2 Å². The van der Waals surface area contributed by atoms with Crippen LogP contribution in [0, 0.1) is 0 Å². The van der Waals surface area contributed by atoms with Crippen LogP contribution in [0.5, 0.6) is 0 Å². The largest absolute Gasteiger partial charge is 0.416 e. The first-order valence-corrected chi connectivity index (χ1v) is 9.62. The Labute approximate surface area is 177 Å². The average molecular weight is 443 g/mol. The minimum absolute atomic E-state index is 0. The number of alkyl halides is 3. The monoisotopic (exact) mass is 442 g/mol. The highest BCUT2D eigenvalue weighted by Crippen LogP contribution is 2.37. The molecule has 1 aromatic carbocycles. The van der Waals surface area contributed by atoms with Crippen LogP contribution < -0.4 is 5.32 Å². The number of hydrogen-bond acceptors (Lipinski definition) is 3. The van der Waals surface area contributed by atoms with Crippen molar-refractivity contribution >= 4 is 24.8 Å². The maximum absolute atomic E-state index is 12.9. The molecule has 2 aliphatic rings. The third-order valence-electron chi connectivity index (χ3n) is 6.13. The normalized spacial score (nSPS) is 28.5. The topological polar surface area (TPSA) is 35.5 Å². The van der Waals surface area contributed by atoms with Crippen LogP contribution >= 0.6 is 24.8 Å². The fourth-order valence-corrected chi connectivity index (χ4v) is 4.59. The Bertz CT molecular complexity index is 617. The number of nitrogens with zero attached hydrogens (tertiary/aromatic N) is 1. The number of likely N-dealkylation sites (N-methyl/N-ethyl adjacent to an activating group) is 1. The Morgan fingerprint density at radius 2 is 1.96 bits per heavy atom. The average Bonchev–Trinajstić information content (AvgIpc) is 3.09. The van der Waals surface area contributed by atoms with Crippen LogP contribution in [0.2, 0.25) is 0 Å². The zero-order valence-corrected chi connectivity index (χ0v) is 17.8. The van der Waals surface area contributed by atoms with Gasteiger partial charge < -0.3 is 10.4 Å². The quantitative estimate of drug-likeness (QED) is 0.706. The first-order valence-electron chi connectivity index (χ1n) is 9.62. The van der Waals surface area contributed by atoms with Crippen LogP contribution in [0.4, 0.5) is 13.2 Å². The minimum atomic E-state index is -4.32. The summed E-state index contributed by atoms with van der Waals surface area (Å²) in [6, 6.07) is 6.07. The van der Waals surface area contributed by atoms with Gasteiger partial charge in [-0.1, -0.05) is 31.0 Å². The van der Waals surface area contributed by atoms with Gasteiger partial charge in [-0.05, 0) is 50.8 Å². The van der Waals surface area contributed by atoms with Crippen LogP contribution in [0.1, 0.15) is 49.7 Å². The lowest BCUT2D eigenvalue weighted by Crippen LogP contribution is -2.54. The fourth-order valence-electron chi connectivity index (χ4n) is 4.59. The number of hydrogen-bond donors (Lipinski definition) is 2. The van der Waals surface area contributed by atoms with Crippen molar-refractivity contribution in [3.8, 4) is 0 Å². The molecule has 3 rings (SSSR count). The third-order valence-corrected chi connectivity index (χ3v) is 6.13. The Kier molecular flexibility index (Phi) is 9.55. The molecule has 1 saturated carbocycles. The SMILES string of the molecule is CN[C@H]1CCN(C2CCCCC2(O)CCc2cccc(C(F)(F)F)c2)C1.Cl.Cl. The Morgan fingerprint density at radius 1 is 1.21 bits per heavy atom. The molecule has 28 heavy (non-hydrogen) atoms. The summed E-state index contributed by atoms with van der Waals surface area (Å²) < 4.78 is 38.7. The van der Waals surface area contributed by atoms with Crippen molar-refractivity contribution in [2.45, 2.75) is 68.8 Å². The molecule has 1 aliphatic heterocycles. The van der Waals surface area contributed by atoms with Crippen LogP contribution in [0.25, 0.3) is 0 Å². The molecule has 8 heteroatoms. The van der Waals surface area contributed by atoms with Gasteiger partial charge in [0, 0.05) is 25.2 Å². The van der Waals surface area contributed by atoms with Gasteiger partial charge in [0.1, 0.15) is 0 Å². The zero-order valence-electron chi connectivity index (χ0n) is 16.2. The molecule has 0 amide bonds. The summed E-state index contributed by atoms with van der Waals surface area (Å²) in [5, 5.41) is 14.7. The van der Waals surface area contributed by atoms with E-state index in [0.717, 1.165) is 51.3 Å². The second kappa shape index (κ2) is 10.5. The lowest BCUT2D eigenvalue weighted by atomic mass is 9.76. The van der Waals surface area contributed by atoms with Crippen molar-refractivity contribution in [1.29, 1.82) is 0 Å². The lowest BCUT2D eigenvalue weighted by molar-refractivity contribution is -0.137. The van der Waals surface area contributed by atoms with E-state index in [1.165, 1.54) is 12.1 Å². The summed E-state index contributed by atoms with van der Waals surface area (Å²) in [6.45, 7) is 1.91. The van der Waals surface area contributed by atoms with E-state index in [4.69, 9.17) is 0 Å². The lowest BCUT2D eigenvalue weighted by Gasteiger charge is -2.45. The molecular formula is C20H31Cl2F3N2O. The predicted octanol–water partition coefficient (Wildman–Crippen LogP) is 4.45. The number of halogens is 5. The third kappa shape index (κ3) is 5.99. The van der Waals surface area contributed by atoms with Gasteiger partial charge in [-0.2, -0.15) is 13.2 Å². The highest BCUT2D eigenvalue weighted by Gasteiger charge is 2.43. The van der Waals surface area contributed by atoms with Gasteiger partial charge in [0.2, 0.25) is 0 Å². The summed E-state index contributed by atoms with van der Waals surface area (Å²) >= 11 is 0. The van der Waals surface area contributed by atoms with E-state index in [1.807, 2.05) is 7.05 Å². The smallest absolute Gasteiger partial charge is 0.388 e. The highest BCUT2D eigenvalue weighted by atomic mass is 35.5. The number of aliphatic hydroxyl groups is 1. The van der Waals surface area contributed by atoms with Gasteiger partial charge in [0.25, 0.3) is 0 Å². The van der Waals surface area contributed by atoms with Gasteiger partial charge in [-0.25, -0.2) is 0 Å². The number of nitrogens with one attached hydrogen (secondary N) is 1. The summed E-state index contributed by atoms with van der Waals surface area (Å²) in [6.07, 6.45) is 1.54. The number of aryl methyl sites for hydroxylation is 1. The molecule has 1 aliphatic carbocycles. The molecule has 2 fully saturated rings. The number of rotatable bonds is 5. The maximum atomic E-state index is 12.9. The number of likely N-dealkylation sites (tertiary alicyclic amines) is 1. The minimum Gasteiger partial charge on any atom is -0.388 e. The molecule has 2 N–H and O–H groups in total. The molecular weight excluding hydrogens is 412 g/mol. The standard InChI is InChI=1S/C20H29F3N2O.2ClH/c1-24-17-9-12-25(14-17)18-7-2-3-10-19(18,26)11-8-15-5-4-6-16(13-15)20(21,22)23;;/h4-6,13,17-18,24,26H,2-3,7-12,14H2,1H3;2*1H/t17-,18?,19?;;/m0../s1. The Morgan fingerprint density at radius 3 is 2.61 bits per heavy atom.